The maximum atomic E-state index is 14.4. The molecular formula is C22H22FN5O3. The number of anilines is 5. The smallest absolute Gasteiger partial charge is 0.247 e. The summed E-state index contributed by atoms with van der Waals surface area (Å²) >= 11 is 0. The minimum absolute atomic E-state index is 0.0285. The van der Waals surface area contributed by atoms with Crippen molar-refractivity contribution in [3.05, 3.63) is 73.2 Å². The molecule has 3 N–H and O–H groups in total. The molecule has 0 bridgehead atoms. The number of amides is 1. The van der Waals surface area contributed by atoms with Crippen molar-refractivity contribution in [3.8, 4) is 5.75 Å². The van der Waals surface area contributed by atoms with Crippen molar-refractivity contribution in [3.63, 3.8) is 0 Å². The van der Waals surface area contributed by atoms with Crippen LogP contribution in [0.25, 0.3) is 0 Å². The number of hydrogen-bond acceptors (Lipinski definition) is 7. The number of nitrogens with one attached hydrogen (secondary N) is 3. The van der Waals surface area contributed by atoms with Gasteiger partial charge in [-0.15, -0.1) is 0 Å². The van der Waals surface area contributed by atoms with E-state index >= 15 is 0 Å². The number of methoxy groups -OCH3 is 1. The van der Waals surface area contributed by atoms with Crippen LogP contribution >= 0.6 is 0 Å². The Hall–Kier alpha value is -3.98. The lowest BCUT2D eigenvalue weighted by molar-refractivity contribution is -0.111. The van der Waals surface area contributed by atoms with Crippen molar-refractivity contribution < 1.29 is 25.5 Å². The van der Waals surface area contributed by atoms with Crippen LogP contribution < -0.4 is 20.7 Å². The van der Waals surface area contributed by atoms with Gasteiger partial charge in [0, 0.05) is 24.2 Å². The Morgan fingerprint density at radius 2 is 1.97 bits per heavy atom. The first-order chi connectivity index (χ1) is 16.9. The molecule has 9 heteroatoms. The van der Waals surface area contributed by atoms with Crippen LogP contribution in [0.1, 0.15) is 6.85 Å². The third kappa shape index (κ3) is 6.51. The van der Waals surface area contributed by atoms with Gasteiger partial charge in [-0.3, -0.25) is 4.79 Å². The van der Waals surface area contributed by atoms with Gasteiger partial charge in [-0.1, -0.05) is 12.6 Å². The zero-order chi connectivity index (χ0) is 26.5. The SMILES string of the molecule is [2H]c1cc(NC(=O)C=C)cc(Nc2nc(Nc3ccc(OC([2H])([2H])C([2H])([2H])OC)cc3)ncc2F)c1. The van der Waals surface area contributed by atoms with E-state index in [1.807, 2.05) is 0 Å². The quantitative estimate of drug-likeness (QED) is 0.415. The number of ether oxygens (including phenoxy) is 2. The molecule has 0 aliphatic carbocycles. The summed E-state index contributed by atoms with van der Waals surface area (Å²) in [5.41, 5.74) is 1.07. The molecule has 0 saturated carbocycles. The summed E-state index contributed by atoms with van der Waals surface area (Å²) in [7, 11) is 1.03. The van der Waals surface area contributed by atoms with Gasteiger partial charge in [0.2, 0.25) is 11.9 Å². The standard InChI is InChI=1S/C22H22FN5O3/c1-3-20(29)25-16-5-4-6-17(13-16)26-21-19(23)14-24-22(28-21)27-15-7-9-18(10-8-15)31-12-11-30-2/h3-10,13-14H,1,11-12H2,2H3,(H,25,29)(H2,24,26,27,28)/i4D,11D2,12D2. The number of carbonyl (C=O) groups excluding carboxylic acids is 1. The number of halogens is 1. The molecule has 31 heavy (non-hydrogen) atoms. The highest BCUT2D eigenvalue weighted by molar-refractivity contribution is 5.99. The Labute approximate surface area is 186 Å². The minimum atomic E-state index is -2.75. The highest BCUT2D eigenvalue weighted by Gasteiger charge is 2.09. The van der Waals surface area contributed by atoms with Crippen molar-refractivity contribution in [1.29, 1.82) is 0 Å². The number of benzene rings is 2. The van der Waals surface area contributed by atoms with Crippen LogP contribution in [0, 0.1) is 5.82 Å². The van der Waals surface area contributed by atoms with E-state index in [1.54, 1.807) is 0 Å². The fourth-order valence-electron chi connectivity index (χ4n) is 2.32. The zero-order valence-electron chi connectivity index (χ0n) is 21.4. The molecule has 0 fully saturated rings. The van der Waals surface area contributed by atoms with Gasteiger partial charge in [-0.05, 0) is 48.5 Å². The van der Waals surface area contributed by atoms with Crippen molar-refractivity contribution in [1.82, 2.24) is 9.97 Å². The fourth-order valence-corrected chi connectivity index (χ4v) is 2.32. The summed E-state index contributed by atoms with van der Waals surface area (Å²) in [6.07, 6.45) is 2.03. The van der Waals surface area contributed by atoms with Crippen LogP contribution in [0.3, 0.4) is 0 Å². The summed E-state index contributed by atoms with van der Waals surface area (Å²) < 4.78 is 62.4. The second kappa shape index (κ2) is 10.7. The van der Waals surface area contributed by atoms with E-state index < -0.39 is 24.8 Å². The van der Waals surface area contributed by atoms with Gasteiger partial charge in [0.25, 0.3) is 0 Å². The Kier molecular flexibility index (Phi) is 5.45. The monoisotopic (exact) mass is 428 g/mol. The second-order valence-corrected chi connectivity index (χ2v) is 5.88. The Bertz CT molecular complexity index is 1260. The summed E-state index contributed by atoms with van der Waals surface area (Å²) in [6.45, 7) is -2.06. The molecule has 0 unspecified atom stereocenters. The normalized spacial score (nSPS) is 13.5. The van der Waals surface area contributed by atoms with Gasteiger partial charge in [0.05, 0.1) is 19.6 Å². The molecular weight excluding hydrogens is 401 g/mol. The summed E-state index contributed by atoms with van der Waals surface area (Å²) in [5, 5.41) is 8.15. The van der Waals surface area contributed by atoms with Gasteiger partial charge in [0.15, 0.2) is 11.6 Å². The molecule has 0 aliphatic rings. The van der Waals surface area contributed by atoms with Crippen molar-refractivity contribution in [2.45, 2.75) is 0 Å². The summed E-state index contributed by atoms with van der Waals surface area (Å²) in [6, 6.07) is 10.2. The van der Waals surface area contributed by atoms with E-state index in [0.29, 0.717) is 17.1 Å². The lowest BCUT2D eigenvalue weighted by Gasteiger charge is -2.11. The maximum Gasteiger partial charge on any atom is 0.247 e. The van der Waals surface area contributed by atoms with Crippen LogP contribution in [0.5, 0.6) is 5.75 Å². The fraction of sp³-hybridized carbons (Fsp3) is 0.136. The van der Waals surface area contributed by atoms with E-state index in [4.69, 9.17) is 11.6 Å². The molecule has 1 amide bonds. The lowest BCUT2D eigenvalue weighted by atomic mass is 10.2. The van der Waals surface area contributed by atoms with E-state index in [9.17, 15) is 9.18 Å². The van der Waals surface area contributed by atoms with E-state index in [2.05, 4.69) is 37.2 Å². The molecule has 0 spiro atoms. The predicted octanol–water partition coefficient (Wildman–Crippen LogP) is 4.25. The van der Waals surface area contributed by atoms with Gasteiger partial charge >= 0.3 is 0 Å². The molecule has 0 aliphatic heterocycles. The molecule has 0 atom stereocenters. The van der Waals surface area contributed by atoms with Crippen LogP contribution in [0.2, 0.25) is 0 Å². The molecule has 1 heterocycles. The van der Waals surface area contributed by atoms with Crippen LogP contribution in [-0.2, 0) is 9.53 Å². The van der Waals surface area contributed by atoms with Gasteiger partial charge in [-0.25, -0.2) is 9.37 Å². The van der Waals surface area contributed by atoms with Crippen LogP contribution in [0.15, 0.2) is 67.4 Å². The summed E-state index contributed by atoms with van der Waals surface area (Å²) in [4.78, 5) is 19.5. The molecule has 3 rings (SSSR count). The average Bonchev–Trinajstić information content (AvgIpc) is 2.81. The average molecular weight is 428 g/mol. The van der Waals surface area contributed by atoms with Crippen LogP contribution in [-0.4, -0.2) is 36.1 Å². The molecule has 160 valence electrons. The highest BCUT2D eigenvalue weighted by Crippen LogP contribution is 2.23. The van der Waals surface area contributed by atoms with Gasteiger partial charge < -0.3 is 25.4 Å². The Morgan fingerprint density at radius 1 is 1.19 bits per heavy atom. The molecule has 0 saturated heterocycles. The number of aromatic nitrogens is 2. The van der Waals surface area contributed by atoms with Crippen molar-refractivity contribution in [2.24, 2.45) is 0 Å². The lowest BCUT2D eigenvalue weighted by Crippen LogP contribution is -2.07. The Balaban J connectivity index is 1.74. The first-order valence-electron chi connectivity index (χ1n) is 11.4. The van der Waals surface area contributed by atoms with Gasteiger partial charge in [-0.2, -0.15) is 4.98 Å². The zero-order valence-corrected chi connectivity index (χ0v) is 16.4. The maximum absolute atomic E-state index is 14.4. The molecule has 3 aromatic rings. The number of hydrogen-bond donors (Lipinski definition) is 3. The second-order valence-electron chi connectivity index (χ2n) is 5.88. The predicted molar refractivity (Wildman–Crippen MR) is 118 cm³/mol. The molecule has 0 radical (unpaired) electrons. The third-order valence-corrected chi connectivity index (χ3v) is 3.67. The third-order valence-electron chi connectivity index (χ3n) is 3.67. The number of carbonyl (C=O) groups is 1. The number of rotatable bonds is 10. The molecule has 8 nitrogen and oxygen atoms in total. The first kappa shape index (κ1) is 15.8. The molecule has 1 aromatic heterocycles. The van der Waals surface area contributed by atoms with E-state index in [0.717, 1.165) is 19.4 Å². The molecule has 2 aromatic carbocycles. The first-order valence-corrected chi connectivity index (χ1v) is 8.88. The highest BCUT2D eigenvalue weighted by atomic mass is 19.1. The Morgan fingerprint density at radius 3 is 2.71 bits per heavy atom. The summed E-state index contributed by atoms with van der Waals surface area (Å²) in [5.74, 6) is -1.33. The van der Waals surface area contributed by atoms with Gasteiger partial charge in [0.1, 0.15) is 12.3 Å². The van der Waals surface area contributed by atoms with E-state index in [1.165, 1.54) is 42.5 Å². The van der Waals surface area contributed by atoms with E-state index in [-0.39, 0.29) is 23.6 Å². The number of nitrogens with zero attached hydrogens (tertiary/aromatic N) is 2. The van der Waals surface area contributed by atoms with Crippen molar-refractivity contribution >= 4 is 34.7 Å². The van der Waals surface area contributed by atoms with Crippen LogP contribution in [0.4, 0.5) is 33.2 Å². The topological polar surface area (TPSA) is 97.4 Å². The largest absolute Gasteiger partial charge is 0.491 e. The minimum Gasteiger partial charge on any atom is -0.491 e. The van der Waals surface area contributed by atoms with Crippen molar-refractivity contribution in [2.75, 3.05) is 36.2 Å².